The van der Waals surface area contributed by atoms with Crippen LogP contribution in [0.4, 0.5) is 4.39 Å². The van der Waals surface area contributed by atoms with Crippen molar-refractivity contribution < 1.29 is 23.4 Å². The molecule has 2 aromatic carbocycles. The van der Waals surface area contributed by atoms with Gasteiger partial charge in [0.15, 0.2) is 23.1 Å². The molecule has 1 N–H and O–H groups in total. The second kappa shape index (κ2) is 6.78. The number of para-hydroxylation sites is 2. The predicted octanol–water partition coefficient (Wildman–Crippen LogP) is 2.85. The maximum absolute atomic E-state index is 13.8. The van der Waals surface area contributed by atoms with E-state index in [0.29, 0.717) is 17.1 Å². The first-order valence-electron chi connectivity index (χ1n) is 7.61. The first-order chi connectivity index (χ1) is 11.6. The number of methoxy groups -OCH3 is 1. The topological polar surface area (TPSA) is 56.8 Å². The summed E-state index contributed by atoms with van der Waals surface area (Å²) in [5, 5.41) is 2.81. The summed E-state index contributed by atoms with van der Waals surface area (Å²) < 4.78 is 29.9. The van der Waals surface area contributed by atoms with Crippen molar-refractivity contribution in [1.29, 1.82) is 0 Å². The van der Waals surface area contributed by atoms with Crippen LogP contribution in [0.1, 0.15) is 18.5 Å². The third-order valence-electron chi connectivity index (χ3n) is 3.84. The van der Waals surface area contributed by atoms with Crippen LogP contribution in [0, 0.1) is 5.82 Å². The predicted molar refractivity (Wildman–Crippen MR) is 85.9 cm³/mol. The third kappa shape index (κ3) is 3.27. The number of ether oxygens (including phenoxy) is 3. The molecule has 0 aromatic heterocycles. The van der Waals surface area contributed by atoms with Gasteiger partial charge in [0, 0.05) is 0 Å². The van der Waals surface area contributed by atoms with Crippen LogP contribution in [0.5, 0.6) is 17.2 Å². The summed E-state index contributed by atoms with van der Waals surface area (Å²) in [7, 11) is 1.40. The molecule has 2 atom stereocenters. The molecule has 0 bridgehead atoms. The summed E-state index contributed by atoms with van der Waals surface area (Å²) >= 11 is 0. The lowest BCUT2D eigenvalue weighted by atomic mass is 10.1. The number of halogens is 1. The van der Waals surface area contributed by atoms with E-state index in [9.17, 15) is 9.18 Å². The molecule has 1 amide bonds. The Kier molecular flexibility index (Phi) is 4.55. The number of carbonyl (C=O) groups is 1. The zero-order valence-electron chi connectivity index (χ0n) is 13.4. The van der Waals surface area contributed by atoms with E-state index in [1.165, 1.54) is 19.2 Å². The van der Waals surface area contributed by atoms with E-state index < -0.39 is 11.9 Å². The molecule has 0 spiro atoms. The summed E-state index contributed by atoms with van der Waals surface area (Å²) in [4.78, 5) is 12.4. The highest BCUT2D eigenvalue weighted by Crippen LogP contribution is 2.31. The summed E-state index contributed by atoms with van der Waals surface area (Å²) in [6.07, 6.45) is -0.745. The van der Waals surface area contributed by atoms with Crippen LogP contribution in [0.3, 0.4) is 0 Å². The number of amides is 1. The van der Waals surface area contributed by atoms with Crippen molar-refractivity contribution in [2.75, 3.05) is 13.7 Å². The standard InChI is InChI=1S/C18H18FNO4/c1-11(12-7-8-14(22-2)13(19)9-12)20-18(21)17-10-23-15-5-3-4-6-16(15)24-17/h3-9,11,17H,10H2,1-2H3,(H,20,21)/t11-,17+/m1/s1. The van der Waals surface area contributed by atoms with E-state index in [2.05, 4.69) is 5.32 Å². The SMILES string of the molecule is COc1ccc([C@@H](C)NC(=O)[C@@H]2COc3ccccc3O2)cc1F. The average molecular weight is 331 g/mol. The van der Waals surface area contributed by atoms with Gasteiger partial charge in [0.25, 0.3) is 5.91 Å². The van der Waals surface area contributed by atoms with Gasteiger partial charge in [-0.15, -0.1) is 0 Å². The van der Waals surface area contributed by atoms with Crippen LogP contribution in [0.2, 0.25) is 0 Å². The highest BCUT2D eigenvalue weighted by Gasteiger charge is 2.28. The summed E-state index contributed by atoms with van der Waals surface area (Å²) in [5.74, 6) is 0.535. The van der Waals surface area contributed by atoms with Gasteiger partial charge in [-0.1, -0.05) is 18.2 Å². The number of hydrogen-bond acceptors (Lipinski definition) is 4. The minimum Gasteiger partial charge on any atom is -0.494 e. The van der Waals surface area contributed by atoms with Crippen molar-refractivity contribution in [1.82, 2.24) is 5.32 Å². The second-order valence-corrected chi connectivity index (χ2v) is 5.49. The largest absolute Gasteiger partial charge is 0.494 e. The minimum atomic E-state index is -0.745. The first-order valence-corrected chi connectivity index (χ1v) is 7.61. The quantitative estimate of drug-likeness (QED) is 0.936. The van der Waals surface area contributed by atoms with Gasteiger partial charge in [-0.3, -0.25) is 4.79 Å². The fourth-order valence-electron chi connectivity index (χ4n) is 2.49. The lowest BCUT2D eigenvalue weighted by molar-refractivity contribution is -0.131. The monoisotopic (exact) mass is 331 g/mol. The number of carbonyl (C=O) groups excluding carboxylic acids is 1. The summed E-state index contributed by atoms with van der Waals surface area (Å²) in [6.45, 7) is 1.91. The molecule has 3 rings (SSSR count). The van der Waals surface area contributed by atoms with E-state index in [0.717, 1.165) is 0 Å². The molecule has 0 saturated heterocycles. The first kappa shape index (κ1) is 16.1. The second-order valence-electron chi connectivity index (χ2n) is 5.49. The maximum Gasteiger partial charge on any atom is 0.265 e. The molecule has 24 heavy (non-hydrogen) atoms. The Morgan fingerprint density at radius 2 is 2.04 bits per heavy atom. The summed E-state index contributed by atoms with van der Waals surface area (Å²) in [6, 6.07) is 11.4. The molecule has 2 aromatic rings. The average Bonchev–Trinajstić information content (AvgIpc) is 2.61. The van der Waals surface area contributed by atoms with Crippen molar-refractivity contribution >= 4 is 5.91 Å². The van der Waals surface area contributed by atoms with Gasteiger partial charge in [0.1, 0.15) is 6.61 Å². The van der Waals surface area contributed by atoms with Crippen molar-refractivity contribution in [3.63, 3.8) is 0 Å². The fourth-order valence-corrected chi connectivity index (χ4v) is 2.49. The molecule has 5 nitrogen and oxygen atoms in total. The fraction of sp³-hybridized carbons (Fsp3) is 0.278. The van der Waals surface area contributed by atoms with E-state index >= 15 is 0 Å². The molecular formula is C18H18FNO4. The van der Waals surface area contributed by atoms with Crippen molar-refractivity contribution in [2.24, 2.45) is 0 Å². The van der Waals surface area contributed by atoms with Crippen LogP contribution in [-0.2, 0) is 4.79 Å². The zero-order valence-corrected chi connectivity index (χ0v) is 13.4. The molecule has 1 heterocycles. The molecule has 0 fully saturated rings. The molecule has 6 heteroatoms. The number of fused-ring (bicyclic) bond motifs is 1. The van der Waals surface area contributed by atoms with Gasteiger partial charge in [-0.25, -0.2) is 4.39 Å². The zero-order chi connectivity index (χ0) is 17.1. The smallest absolute Gasteiger partial charge is 0.265 e. The Balaban J connectivity index is 1.65. The third-order valence-corrected chi connectivity index (χ3v) is 3.84. The lowest BCUT2D eigenvalue weighted by Gasteiger charge is -2.26. The van der Waals surface area contributed by atoms with Crippen molar-refractivity contribution in [3.05, 3.63) is 53.8 Å². The normalized spacial score (nSPS) is 17.0. The van der Waals surface area contributed by atoms with Crippen LogP contribution in [0.15, 0.2) is 42.5 Å². The van der Waals surface area contributed by atoms with Crippen LogP contribution in [0.25, 0.3) is 0 Å². The van der Waals surface area contributed by atoms with Crippen molar-refractivity contribution in [3.8, 4) is 17.2 Å². The number of benzene rings is 2. The molecular weight excluding hydrogens is 313 g/mol. The number of hydrogen-bond donors (Lipinski definition) is 1. The summed E-state index contributed by atoms with van der Waals surface area (Å²) in [5.41, 5.74) is 0.638. The Bertz CT molecular complexity index is 750. The van der Waals surface area contributed by atoms with Crippen LogP contribution < -0.4 is 19.5 Å². The van der Waals surface area contributed by atoms with E-state index in [1.54, 1.807) is 25.1 Å². The maximum atomic E-state index is 13.8. The lowest BCUT2D eigenvalue weighted by Crippen LogP contribution is -2.44. The van der Waals surface area contributed by atoms with Crippen LogP contribution >= 0.6 is 0 Å². The molecule has 0 radical (unpaired) electrons. The van der Waals surface area contributed by atoms with E-state index in [-0.39, 0.29) is 24.3 Å². The molecule has 0 unspecified atom stereocenters. The molecule has 0 aliphatic carbocycles. The van der Waals surface area contributed by atoms with Gasteiger partial charge < -0.3 is 19.5 Å². The van der Waals surface area contributed by atoms with Gasteiger partial charge in [-0.05, 0) is 36.8 Å². The highest BCUT2D eigenvalue weighted by molar-refractivity contribution is 5.82. The van der Waals surface area contributed by atoms with Crippen LogP contribution in [-0.4, -0.2) is 25.7 Å². The van der Waals surface area contributed by atoms with Gasteiger partial charge in [0.05, 0.1) is 13.2 Å². The minimum absolute atomic E-state index is 0.131. The van der Waals surface area contributed by atoms with E-state index in [4.69, 9.17) is 14.2 Å². The molecule has 0 saturated carbocycles. The molecule has 1 aliphatic rings. The number of rotatable bonds is 4. The van der Waals surface area contributed by atoms with Gasteiger partial charge in [-0.2, -0.15) is 0 Å². The Labute approximate surface area is 139 Å². The van der Waals surface area contributed by atoms with E-state index in [1.807, 2.05) is 12.1 Å². The molecule has 1 aliphatic heterocycles. The number of nitrogens with one attached hydrogen (secondary N) is 1. The van der Waals surface area contributed by atoms with Gasteiger partial charge >= 0.3 is 0 Å². The Morgan fingerprint density at radius 3 is 2.75 bits per heavy atom. The van der Waals surface area contributed by atoms with Gasteiger partial charge in [0.2, 0.25) is 6.10 Å². The Morgan fingerprint density at radius 1 is 1.29 bits per heavy atom. The Hall–Kier alpha value is -2.76. The highest BCUT2D eigenvalue weighted by atomic mass is 19.1. The molecule has 126 valence electrons. The van der Waals surface area contributed by atoms with Crippen molar-refractivity contribution in [2.45, 2.75) is 19.1 Å².